The molecule has 3 nitrogen and oxygen atoms in total. The predicted molar refractivity (Wildman–Crippen MR) is 80.4 cm³/mol. The van der Waals surface area contributed by atoms with E-state index in [1.165, 1.54) is 57.8 Å². The largest absolute Gasteiger partial charge is 0.364 e. The number of carbonyl (C=O) groups excluding carboxylic acids is 1. The van der Waals surface area contributed by atoms with Gasteiger partial charge in [-0.25, -0.2) is 0 Å². The van der Waals surface area contributed by atoms with Crippen molar-refractivity contribution in [2.75, 3.05) is 6.54 Å². The summed E-state index contributed by atoms with van der Waals surface area (Å²) in [6.07, 6.45) is 11.8. The molecule has 0 bridgehead atoms. The van der Waals surface area contributed by atoms with Crippen LogP contribution >= 0.6 is 11.8 Å². The molecule has 0 spiro atoms. The molecule has 1 unspecified atom stereocenters. The summed E-state index contributed by atoms with van der Waals surface area (Å²) in [7, 11) is 0. The molecule has 0 saturated heterocycles. The first-order valence-corrected chi connectivity index (χ1v) is 8.74. The molecular weight excluding hydrogens is 256 g/mol. The lowest BCUT2D eigenvalue weighted by Gasteiger charge is -2.22. The van der Waals surface area contributed by atoms with Crippen molar-refractivity contribution < 1.29 is 4.79 Å². The molecule has 0 radical (unpaired) electrons. The average molecular weight is 280 g/mol. The summed E-state index contributed by atoms with van der Waals surface area (Å²) in [5.41, 5.74) is 0. The number of carbonyl (C=O) groups is 1. The molecule has 1 amide bonds. The molecule has 106 valence electrons. The van der Waals surface area contributed by atoms with Gasteiger partial charge in [0, 0.05) is 6.54 Å². The first-order valence-electron chi connectivity index (χ1n) is 7.86. The van der Waals surface area contributed by atoms with Crippen molar-refractivity contribution in [2.45, 2.75) is 63.0 Å². The van der Waals surface area contributed by atoms with Crippen LogP contribution in [0.2, 0.25) is 0 Å². The van der Waals surface area contributed by atoms with Crippen molar-refractivity contribution in [3.05, 3.63) is 0 Å². The number of thioether (sulfide) groups is 1. The van der Waals surface area contributed by atoms with E-state index in [0.717, 1.165) is 17.6 Å². The van der Waals surface area contributed by atoms with Gasteiger partial charge in [0.1, 0.15) is 0 Å². The number of amidine groups is 1. The summed E-state index contributed by atoms with van der Waals surface area (Å²) in [5, 5.41) is 4.44. The predicted octanol–water partition coefficient (Wildman–Crippen LogP) is 3.34. The van der Waals surface area contributed by atoms with Crippen LogP contribution in [0.3, 0.4) is 0 Å². The number of rotatable bonds is 3. The summed E-state index contributed by atoms with van der Waals surface area (Å²) >= 11 is 1.69. The van der Waals surface area contributed by atoms with Gasteiger partial charge >= 0.3 is 0 Å². The van der Waals surface area contributed by atoms with Crippen LogP contribution in [0, 0.1) is 11.8 Å². The second kappa shape index (κ2) is 6.29. The van der Waals surface area contributed by atoms with Gasteiger partial charge in [0.15, 0.2) is 5.17 Å². The first-order chi connectivity index (χ1) is 9.33. The van der Waals surface area contributed by atoms with E-state index in [1.807, 2.05) is 0 Å². The average Bonchev–Trinajstić information content (AvgIpc) is 3.07. The van der Waals surface area contributed by atoms with Crippen molar-refractivity contribution in [3.63, 3.8) is 0 Å². The van der Waals surface area contributed by atoms with Crippen LogP contribution in [0.25, 0.3) is 0 Å². The SMILES string of the molecule is O=C1N=C(NCC2CCCCC2)SC1C1CCCC1. The van der Waals surface area contributed by atoms with E-state index >= 15 is 0 Å². The zero-order valence-corrected chi connectivity index (χ0v) is 12.4. The van der Waals surface area contributed by atoms with E-state index in [4.69, 9.17) is 0 Å². The second-order valence-corrected chi connectivity index (χ2v) is 7.35. The molecule has 1 atom stereocenters. The van der Waals surface area contributed by atoms with Gasteiger partial charge < -0.3 is 5.32 Å². The number of aliphatic imine (C=N–C) groups is 1. The van der Waals surface area contributed by atoms with Gasteiger partial charge in [-0.2, -0.15) is 4.99 Å². The molecule has 1 N–H and O–H groups in total. The molecule has 0 aromatic heterocycles. The van der Waals surface area contributed by atoms with Crippen LogP contribution in [0.1, 0.15) is 57.8 Å². The van der Waals surface area contributed by atoms with E-state index in [-0.39, 0.29) is 11.2 Å². The molecule has 2 aliphatic carbocycles. The highest BCUT2D eigenvalue weighted by Crippen LogP contribution is 2.37. The van der Waals surface area contributed by atoms with Gasteiger partial charge in [-0.15, -0.1) is 0 Å². The van der Waals surface area contributed by atoms with Crippen LogP contribution in [0.5, 0.6) is 0 Å². The standard InChI is InChI=1S/C15H24N2OS/c18-14-13(12-8-4-5-9-12)19-15(17-14)16-10-11-6-2-1-3-7-11/h11-13H,1-10H2,(H,16,17,18). The molecule has 1 aliphatic heterocycles. The van der Waals surface area contributed by atoms with Gasteiger partial charge in [-0.05, 0) is 37.5 Å². The molecule has 0 aromatic carbocycles. The topological polar surface area (TPSA) is 41.5 Å². The lowest BCUT2D eigenvalue weighted by Crippen LogP contribution is -2.28. The third kappa shape index (κ3) is 3.33. The zero-order valence-electron chi connectivity index (χ0n) is 11.6. The molecule has 4 heteroatoms. The molecule has 3 aliphatic rings. The van der Waals surface area contributed by atoms with Crippen molar-refractivity contribution in [3.8, 4) is 0 Å². The maximum atomic E-state index is 12.0. The van der Waals surface area contributed by atoms with E-state index in [0.29, 0.717) is 5.92 Å². The van der Waals surface area contributed by atoms with Crippen molar-refractivity contribution in [1.82, 2.24) is 5.32 Å². The fraction of sp³-hybridized carbons (Fsp3) is 0.867. The van der Waals surface area contributed by atoms with Crippen LogP contribution in [-0.4, -0.2) is 22.9 Å². The lowest BCUT2D eigenvalue weighted by molar-refractivity contribution is -0.117. The van der Waals surface area contributed by atoms with Crippen LogP contribution in [0.4, 0.5) is 0 Å². The fourth-order valence-electron chi connectivity index (χ4n) is 3.62. The summed E-state index contributed by atoms with van der Waals surface area (Å²) in [4.78, 5) is 16.2. The van der Waals surface area contributed by atoms with E-state index in [1.54, 1.807) is 11.8 Å². The second-order valence-electron chi connectivity index (χ2n) is 6.22. The highest BCUT2D eigenvalue weighted by atomic mass is 32.2. The number of hydrogen-bond acceptors (Lipinski definition) is 3. The Morgan fingerprint density at radius 1 is 1.05 bits per heavy atom. The molecule has 19 heavy (non-hydrogen) atoms. The molecule has 2 fully saturated rings. The van der Waals surface area contributed by atoms with Crippen LogP contribution in [-0.2, 0) is 4.79 Å². The third-order valence-corrected chi connectivity index (χ3v) is 6.09. The van der Waals surface area contributed by atoms with Crippen molar-refractivity contribution in [2.24, 2.45) is 16.8 Å². The van der Waals surface area contributed by atoms with Gasteiger partial charge in [0.25, 0.3) is 5.91 Å². The number of hydrogen-bond donors (Lipinski definition) is 1. The Morgan fingerprint density at radius 3 is 2.47 bits per heavy atom. The maximum absolute atomic E-state index is 12.0. The van der Waals surface area contributed by atoms with Crippen LogP contribution in [0.15, 0.2) is 4.99 Å². The summed E-state index contributed by atoms with van der Waals surface area (Å²) in [5.74, 6) is 1.48. The highest BCUT2D eigenvalue weighted by Gasteiger charge is 2.36. The minimum absolute atomic E-state index is 0.114. The van der Waals surface area contributed by atoms with Crippen molar-refractivity contribution >= 4 is 22.8 Å². The number of nitrogens with zero attached hydrogens (tertiary/aromatic N) is 1. The van der Waals surface area contributed by atoms with Gasteiger partial charge in [-0.1, -0.05) is 43.9 Å². The first kappa shape index (κ1) is 13.5. The van der Waals surface area contributed by atoms with Gasteiger partial charge in [0.2, 0.25) is 0 Å². The van der Waals surface area contributed by atoms with E-state index in [9.17, 15) is 4.79 Å². The Kier molecular flexibility index (Phi) is 4.46. The quantitative estimate of drug-likeness (QED) is 0.862. The van der Waals surface area contributed by atoms with E-state index in [2.05, 4.69) is 10.3 Å². The molecular formula is C15H24N2OS. The Bertz CT molecular complexity index is 357. The maximum Gasteiger partial charge on any atom is 0.261 e. The summed E-state index contributed by atoms with van der Waals surface area (Å²) < 4.78 is 0. The molecule has 1 heterocycles. The Labute approximate surface area is 120 Å². The molecule has 0 aromatic rings. The Hall–Kier alpha value is -0.510. The monoisotopic (exact) mass is 280 g/mol. The zero-order chi connectivity index (χ0) is 13.1. The summed E-state index contributed by atoms with van der Waals surface area (Å²) in [6.45, 7) is 1.01. The van der Waals surface area contributed by atoms with Gasteiger partial charge in [-0.3, -0.25) is 4.79 Å². The molecule has 2 saturated carbocycles. The Morgan fingerprint density at radius 2 is 1.74 bits per heavy atom. The summed E-state index contributed by atoms with van der Waals surface area (Å²) in [6, 6.07) is 0. The van der Waals surface area contributed by atoms with Crippen LogP contribution < -0.4 is 5.32 Å². The highest BCUT2D eigenvalue weighted by molar-refractivity contribution is 8.15. The minimum atomic E-state index is 0.114. The third-order valence-electron chi connectivity index (χ3n) is 4.79. The molecule has 3 rings (SSSR count). The Balaban J connectivity index is 1.46. The smallest absolute Gasteiger partial charge is 0.261 e. The van der Waals surface area contributed by atoms with E-state index < -0.39 is 0 Å². The lowest BCUT2D eigenvalue weighted by atomic mass is 9.89. The normalized spacial score (nSPS) is 29.8. The van der Waals surface area contributed by atoms with Gasteiger partial charge in [0.05, 0.1) is 5.25 Å². The fourth-order valence-corrected chi connectivity index (χ4v) is 4.79. The number of amides is 1. The van der Waals surface area contributed by atoms with Crippen molar-refractivity contribution in [1.29, 1.82) is 0 Å². The minimum Gasteiger partial charge on any atom is -0.364 e. The number of nitrogens with one attached hydrogen (secondary N) is 1.